The van der Waals surface area contributed by atoms with Gasteiger partial charge in [0, 0.05) is 6.20 Å². The summed E-state index contributed by atoms with van der Waals surface area (Å²) in [4.78, 5) is 16.0. The second-order valence-electron chi connectivity index (χ2n) is 6.16. The quantitative estimate of drug-likeness (QED) is 0.923. The molecule has 1 aromatic heterocycles. The molecule has 0 fully saturated rings. The van der Waals surface area contributed by atoms with Gasteiger partial charge in [-0.1, -0.05) is 39.0 Å². The number of carbonyl (C=O) groups excluding carboxylic acids is 1. The third-order valence-corrected chi connectivity index (χ3v) is 3.26. The van der Waals surface area contributed by atoms with Crippen molar-refractivity contribution in [2.24, 2.45) is 0 Å². The fourth-order valence-corrected chi connectivity index (χ4v) is 1.94. The summed E-state index contributed by atoms with van der Waals surface area (Å²) in [5, 5.41) is 2.79. The summed E-state index contributed by atoms with van der Waals surface area (Å²) in [6, 6.07) is 13.5. The molecule has 4 heteroatoms. The molecule has 4 nitrogen and oxygen atoms in total. The Morgan fingerprint density at radius 3 is 2.68 bits per heavy atom. The van der Waals surface area contributed by atoms with E-state index in [-0.39, 0.29) is 17.9 Å². The number of hydrogen-bond acceptors (Lipinski definition) is 3. The molecule has 0 radical (unpaired) electrons. The van der Waals surface area contributed by atoms with Crippen LogP contribution in [0.5, 0.6) is 5.75 Å². The highest BCUT2D eigenvalue weighted by atomic mass is 16.5. The molecule has 0 aliphatic rings. The van der Waals surface area contributed by atoms with Crippen molar-refractivity contribution in [3.05, 3.63) is 59.9 Å². The van der Waals surface area contributed by atoms with Crippen LogP contribution in [0, 0.1) is 0 Å². The van der Waals surface area contributed by atoms with E-state index in [1.54, 1.807) is 6.20 Å². The van der Waals surface area contributed by atoms with Crippen molar-refractivity contribution < 1.29 is 9.53 Å². The molecular formula is C18H22N2O2. The zero-order valence-electron chi connectivity index (χ0n) is 13.3. The molecule has 1 heterocycles. The predicted molar refractivity (Wildman–Crippen MR) is 86.7 cm³/mol. The topological polar surface area (TPSA) is 51.2 Å². The lowest BCUT2D eigenvalue weighted by Crippen LogP contribution is -2.28. The Bertz CT molecular complexity index is 618. The summed E-state index contributed by atoms with van der Waals surface area (Å²) < 4.78 is 5.56. The fraction of sp³-hybridized carbons (Fsp3) is 0.333. The number of rotatable bonds is 5. The van der Waals surface area contributed by atoms with Gasteiger partial charge in [0.15, 0.2) is 6.61 Å². The predicted octanol–water partition coefficient (Wildman–Crippen LogP) is 3.07. The highest BCUT2D eigenvalue weighted by Gasteiger charge is 2.14. The third-order valence-electron chi connectivity index (χ3n) is 3.26. The molecule has 1 aromatic carbocycles. The number of nitrogens with one attached hydrogen (secondary N) is 1. The first kappa shape index (κ1) is 16.0. The zero-order valence-corrected chi connectivity index (χ0v) is 13.3. The Morgan fingerprint density at radius 1 is 1.18 bits per heavy atom. The van der Waals surface area contributed by atoms with Gasteiger partial charge in [-0.05, 0) is 35.2 Å². The SMILES string of the molecule is CC(C)(C)c1cccc(OCC(=O)NCc2ccccn2)c1. The van der Waals surface area contributed by atoms with Gasteiger partial charge in [0.1, 0.15) is 5.75 Å². The van der Waals surface area contributed by atoms with Crippen LogP contribution < -0.4 is 10.1 Å². The van der Waals surface area contributed by atoms with Crippen LogP contribution in [0.2, 0.25) is 0 Å². The average molecular weight is 298 g/mol. The molecular weight excluding hydrogens is 276 g/mol. The van der Waals surface area contributed by atoms with Crippen LogP contribution in [0.1, 0.15) is 32.0 Å². The minimum atomic E-state index is -0.160. The van der Waals surface area contributed by atoms with Crippen LogP contribution >= 0.6 is 0 Å². The number of aromatic nitrogens is 1. The fourth-order valence-electron chi connectivity index (χ4n) is 1.94. The van der Waals surface area contributed by atoms with Crippen molar-refractivity contribution in [3.8, 4) is 5.75 Å². The van der Waals surface area contributed by atoms with E-state index in [1.165, 1.54) is 5.56 Å². The smallest absolute Gasteiger partial charge is 0.258 e. The molecule has 116 valence electrons. The Kier molecular flexibility index (Phi) is 5.15. The van der Waals surface area contributed by atoms with Crippen molar-refractivity contribution in [1.29, 1.82) is 0 Å². The number of benzene rings is 1. The number of nitrogens with zero attached hydrogens (tertiary/aromatic N) is 1. The normalized spacial score (nSPS) is 11.0. The number of carbonyl (C=O) groups is 1. The summed E-state index contributed by atoms with van der Waals surface area (Å²) in [6.07, 6.45) is 1.70. The first-order valence-electron chi connectivity index (χ1n) is 7.35. The van der Waals surface area contributed by atoms with E-state index in [0.717, 1.165) is 5.69 Å². The van der Waals surface area contributed by atoms with Crippen LogP contribution in [0.3, 0.4) is 0 Å². The van der Waals surface area contributed by atoms with Gasteiger partial charge in [0.2, 0.25) is 0 Å². The molecule has 1 amide bonds. The standard InChI is InChI=1S/C18H22N2O2/c1-18(2,3)14-7-6-9-16(11-14)22-13-17(21)20-12-15-8-4-5-10-19-15/h4-11H,12-13H2,1-3H3,(H,20,21). The van der Waals surface area contributed by atoms with Gasteiger partial charge >= 0.3 is 0 Å². The highest BCUT2D eigenvalue weighted by molar-refractivity contribution is 5.77. The Hall–Kier alpha value is -2.36. The molecule has 0 atom stereocenters. The highest BCUT2D eigenvalue weighted by Crippen LogP contribution is 2.25. The molecule has 0 unspecified atom stereocenters. The molecule has 0 aliphatic heterocycles. The van der Waals surface area contributed by atoms with Crippen LogP contribution in [-0.4, -0.2) is 17.5 Å². The second-order valence-corrected chi connectivity index (χ2v) is 6.16. The van der Waals surface area contributed by atoms with E-state index >= 15 is 0 Å². The van der Waals surface area contributed by atoms with Crippen molar-refractivity contribution in [2.75, 3.05) is 6.61 Å². The van der Waals surface area contributed by atoms with Crippen molar-refractivity contribution in [2.45, 2.75) is 32.7 Å². The van der Waals surface area contributed by atoms with Gasteiger partial charge < -0.3 is 10.1 Å². The maximum atomic E-state index is 11.8. The lowest BCUT2D eigenvalue weighted by atomic mass is 9.87. The van der Waals surface area contributed by atoms with E-state index in [4.69, 9.17) is 4.74 Å². The van der Waals surface area contributed by atoms with Crippen LogP contribution in [0.4, 0.5) is 0 Å². The molecule has 1 N–H and O–H groups in total. The largest absolute Gasteiger partial charge is 0.484 e. The van der Waals surface area contributed by atoms with Gasteiger partial charge in [0.25, 0.3) is 5.91 Å². The van der Waals surface area contributed by atoms with Gasteiger partial charge in [0.05, 0.1) is 12.2 Å². The Balaban J connectivity index is 1.84. The van der Waals surface area contributed by atoms with Gasteiger partial charge in [-0.25, -0.2) is 0 Å². The lowest BCUT2D eigenvalue weighted by molar-refractivity contribution is -0.123. The molecule has 0 aliphatic carbocycles. The molecule has 0 spiro atoms. The summed E-state index contributed by atoms with van der Waals surface area (Å²) in [5.74, 6) is 0.548. The lowest BCUT2D eigenvalue weighted by Gasteiger charge is -2.19. The minimum absolute atomic E-state index is 0.000426. The van der Waals surface area contributed by atoms with Gasteiger partial charge in [-0.15, -0.1) is 0 Å². The first-order chi connectivity index (χ1) is 10.4. The molecule has 22 heavy (non-hydrogen) atoms. The average Bonchev–Trinajstić information content (AvgIpc) is 2.51. The molecule has 2 aromatic rings. The number of pyridine rings is 1. The summed E-state index contributed by atoms with van der Waals surface area (Å²) >= 11 is 0. The molecule has 0 saturated carbocycles. The second kappa shape index (κ2) is 7.07. The van der Waals surface area contributed by atoms with Crippen molar-refractivity contribution in [1.82, 2.24) is 10.3 Å². The molecule has 2 rings (SSSR count). The third kappa shape index (κ3) is 4.88. The van der Waals surface area contributed by atoms with Crippen molar-refractivity contribution >= 4 is 5.91 Å². The van der Waals surface area contributed by atoms with Crippen molar-refractivity contribution in [3.63, 3.8) is 0 Å². The van der Waals surface area contributed by atoms with E-state index in [2.05, 4.69) is 37.1 Å². The van der Waals surface area contributed by atoms with E-state index in [1.807, 2.05) is 36.4 Å². The number of amides is 1. The van der Waals surface area contributed by atoms with E-state index in [9.17, 15) is 4.79 Å². The van der Waals surface area contributed by atoms with Crippen LogP contribution in [0.15, 0.2) is 48.7 Å². The Labute approximate surface area is 131 Å². The molecule has 0 saturated heterocycles. The van der Waals surface area contributed by atoms with E-state index in [0.29, 0.717) is 12.3 Å². The number of hydrogen-bond donors (Lipinski definition) is 1. The first-order valence-corrected chi connectivity index (χ1v) is 7.35. The summed E-state index contributed by atoms with van der Waals surface area (Å²) in [5.41, 5.74) is 2.06. The van der Waals surface area contributed by atoms with Crippen LogP contribution in [-0.2, 0) is 16.8 Å². The monoisotopic (exact) mass is 298 g/mol. The summed E-state index contributed by atoms with van der Waals surface area (Å²) in [7, 11) is 0. The maximum absolute atomic E-state index is 11.8. The number of ether oxygens (including phenoxy) is 1. The van der Waals surface area contributed by atoms with E-state index < -0.39 is 0 Å². The summed E-state index contributed by atoms with van der Waals surface area (Å²) in [6.45, 7) is 6.84. The Morgan fingerprint density at radius 2 is 2.00 bits per heavy atom. The zero-order chi connectivity index (χ0) is 16.0. The molecule has 0 bridgehead atoms. The van der Waals surface area contributed by atoms with Gasteiger partial charge in [-0.3, -0.25) is 9.78 Å². The maximum Gasteiger partial charge on any atom is 0.258 e. The van der Waals surface area contributed by atoms with Crippen LogP contribution in [0.25, 0.3) is 0 Å². The minimum Gasteiger partial charge on any atom is -0.484 e. The van der Waals surface area contributed by atoms with Gasteiger partial charge in [-0.2, -0.15) is 0 Å².